The molecular formula is C18H23NOS. The lowest BCUT2D eigenvalue weighted by Gasteiger charge is -2.38. The standard InChI is InChI=1S/C18H23NOS/c1-4-13-9-10-21-17(13)12-19-15-11-18(2,3)20-16-8-6-5-7-14(15)16/h5-10,15,19H,4,11-12H2,1-3H3. The highest BCUT2D eigenvalue weighted by atomic mass is 32.1. The third-order valence-corrected chi connectivity index (χ3v) is 5.07. The van der Waals surface area contributed by atoms with Gasteiger partial charge in [0.25, 0.3) is 0 Å². The van der Waals surface area contributed by atoms with E-state index in [0.29, 0.717) is 6.04 Å². The molecule has 0 saturated carbocycles. The van der Waals surface area contributed by atoms with Gasteiger partial charge in [-0.15, -0.1) is 11.3 Å². The van der Waals surface area contributed by atoms with E-state index in [4.69, 9.17) is 4.74 Å². The lowest BCUT2D eigenvalue weighted by molar-refractivity contribution is 0.0658. The lowest BCUT2D eigenvalue weighted by atomic mass is 9.89. The van der Waals surface area contributed by atoms with E-state index in [1.165, 1.54) is 16.0 Å². The fourth-order valence-corrected chi connectivity index (χ4v) is 3.96. The molecule has 2 aromatic rings. The molecule has 112 valence electrons. The highest BCUT2D eigenvalue weighted by molar-refractivity contribution is 7.10. The van der Waals surface area contributed by atoms with Crippen molar-refractivity contribution in [2.45, 2.75) is 51.8 Å². The third kappa shape index (κ3) is 3.14. The molecule has 0 radical (unpaired) electrons. The van der Waals surface area contributed by atoms with E-state index < -0.39 is 0 Å². The number of nitrogens with one attached hydrogen (secondary N) is 1. The van der Waals surface area contributed by atoms with E-state index in [9.17, 15) is 0 Å². The number of rotatable bonds is 4. The van der Waals surface area contributed by atoms with Gasteiger partial charge in [0, 0.05) is 29.4 Å². The zero-order valence-corrected chi connectivity index (χ0v) is 13.8. The summed E-state index contributed by atoms with van der Waals surface area (Å²) < 4.78 is 6.09. The van der Waals surface area contributed by atoms with Crippen LogP contribution in [-0.2, 0) is 13.0 Å². The first-order valence-corrected chi connectivity index (χ1v) is 8.53. The highest BCUT2D eigenvalue weighted by Gasteiger charge is 2.33. The van der Waals surface area contributed by atoms with E-state index >= 15 is 0 Å². The number of ether oxygens (including phenoxy) is 1. The average Bonchev–Trinajstić information content (AvgIpc) is 2.91. The number of para-hydroxylation sites is 1. The average molecular weight is 301 g/mol. The molecule has 1 atom stereocenters. The van der Waals surface area contributed by atoms with Crippen molar-refractivity contribution in [3.8, 4) is 5.75 Å². The first kappa shape index (κ1) is 14.6. The lowest BCUT2D eigenvalue weighted by Crippen LogP contribution is -2.39. The molecule has 1 unspecified atom stereocenters. The largest absolute Gasteiger partial charge is 0.487 e. The summed E-state index contributed by atoms with van der Waals surface area (Å²) in [4.78, 5) is 1.46. The number of hydrogen-bond donors (Lipinski definition) is 1. The summed E-state index contributed by atoms with van der Waals surface area (Å²) in [6.07, 6.45) is 2.10. The molecule has 1 aromatic heterocycles. The second-order valence-corrected chi connectivity index (χ2v) is 7.26. The van der Waals surface area contributed by atoms with Crippen molar-refractivity contribution in [2.24, 2.45) is 0 Å². The summed E-state index contributed by atoms with van der Waals surface area (Å²) in [5.41, 5.74) is 2.63. The minimum Gasteiger partial charge on any atom is -0.487 e. The van der Waals surface area contributed by atoms with Crippen molar-refractivity contribution in [1.29, 1.82) is 0 Å². The van der Waals surface area contributed by atoms with Crippen LogP contribution in [0.25, 0.3) is 0 Å². The maximum atomic E-state index is 6.09. The van der Waals surface area contributed by atoms with Crippen molar-refractivity contribution >= 4 is 11.3 Å². The van der Waals surface area contributed by atoms with E-state index in [2.05, 4.69) is 55.7 Å². The fourth-order valence-electron chi connectivity index (χ4n) is 3.04. The zero-order valence-electron chi connectivity index (χ0n) is 13.0. The molecule has 0 bridgehead atoms. The van der Waals surface area contributed by atoms with Crippen molar-refractivity contribution in [1.82, 2.24) is 5.32 Å². The number of thiophene rings is 1. The second kappa shape index (κ2) is 5.82. The predicted octanol–water partition coefficient (Wildman–Crippen LogP) is 4.70. The fraction of sp³-hybridized carbons (Fsp3) is 0.444. The topological polar surface area (TPSA) is 21.3 Å². The minimum atomic E-state index is -0.116. The van der Waals surface area contributed by atoms with Gasteiger partial charge in [-0.25, -0.2) is 0 Å². The first-order valence-electron chi connectivity index (χ1n) is 7.65. The SMILES string of the molecule is CCc1ccsc1CNC1CC(C)(C)Oc2ccccc21. The monoisotopic (exact) mass is 301 g/mol. The van der Waals surface area contributed by atoms with Crippen molar-refractivity contribution in [3.63, 3.8) is 0 Å². The van der Waals surface area contributed by atoms with Crippen LogP contribution in [0.4, 0.5) is 0 Å². The molecule has 0 spiro atoms. The maximum Gasteiger partial charge on any atom is 0.124 e. The van der Waals surface area contributed by atoms with Gasteiger partial charge in [-0.05, 0) is 43.3 Å². The molecule has 2 heterocycles. The molecule has 0 saturated heterocycles. The number of aryl methyl sites for hydroxylation is 1. The van der Waals surface area contributed by atoms with Crippen LogP contribution in [-0.4, -0.2) is 5.60 Å². The van der Waals surface area contributed by atoms with Crippen LogP contribution in [0.15, 0.2) is 35.7 Å². The van der Waals surface area contributed by atoms with Gasteiger partial charge in [0.05, 0.1) is 0 Å². The molecule has 1 aliphatic heterocycles. The Morgan fingerprint density at radius 1 is 1.29 bits per heavy atom. The van der Waals surface area contributed by atoms with Gasteiger partial charge in [-0.3, -0.25) is 0 Å². The van der Waals surface area contributed by atoms with Crippen LogP contribution in [0.5, 0.6) is 5.75 Å². The maximum absolute atomic E-state index is 6.09. The van der Waals surface area contributed by atoms with Gasteiger partial charge < -0.3 is 10.1 Å². The van der Waals surface area contributed by atoms with Gasteiger partial charge in [0.1, 0.15) is 11.4 Å². The second-order valence-electron chi connectivity index (χ2n) is 6.26. The van der Waals surface area contributed by atoms with E-state index in [1.807, 2.05) is 17.4 Å². The third-order valence-electron chi connectivity index (χ3n) is 4.10. The summed E-state index contributed by atoms with van der Waals surface area (Å²) in [5, 5.41) is 5.93. The molecule has 21 heavy (non-hydrogen) atoms. The van der Waals surface area contributed by atoms with Gasteiger partial charge in [-0.2, -0.15) is 0 Å². The molecule has 3 heteroatoms. The summed E-state index contributed by atoms with van der Waals surface area (Å²) in [6, 6.07) is 11.0. The molecule has 1 aliphatic rings. The molecule has 1 N–H and O–H groups in total. The highest BCUT2D eigenvalue weighted by Crippen LogP contribution is 2.39. The van der Waals surface area contributed by atoms with Crippen LogP contribution in [0.1, 0.15) is 49.2 Å². The van der Waals surface area contributed by atoms with Gasteiger partial charge in [0.2, 0.25) is 0 Å². The smallest absolute Gasteiger partial charge is 0.124 e. The molecule has 0 fully saturated rings. The molecule has 1 aromatic carbocycles. The predicted molar refractivity (Wildman–Crippen MR) is 89.0 cm³/mol. The molecular weight excluding hydrogens is 278 g/mol. The number of fused-ring (bicyclic) bond motifs is 1. The number of hydrogen-bond acceptors (Lipinski definition) is 3. The van der Waals surface area contributed by atoms with Crippen molar-refractivity contribution in [3.05, 3.63) is 51.7 Å². The number of benzene rings is 1. The van der Waals surface area contributed by atoms with Crippen LogP contribution < -0.4 is 10.1 Å². The Morgan fingerprint density at radius 3 is 2.90 bits per heavy atom. The van der Waals surface area contributed by atoms with Crippen LogP contribution >= 0.6 is 11.3 Å². The van der Waals surface area contributed by atoms with Gasteiger partial charge >= 0.3 is 0 Å². The Labute approximate surface area is 131 Å². The summed E-state index contributed by atoms with van der Waals surface area (Å²) in [6.45, 7) is 7.49. The Morgan fingerprint density at radius 2 is 2.10 bits per heavy atom. The molecule has 3 rings (SSSR count). The first-order chi connectivity index (χ1) is 10.1. The Hall–Kier alpha value is -1.32. The quantitative estimate of drug-likeness (QED) is 0.883. The molecule has 0 amide bonds. The summed E-state index contributed by atoms with van der Waals surface area (Å²) >= 11 is 1.85. The van der Waals surface area contributed by atoms with Gasteiger partial charge in [0.15, 0.2) is 0 Å². The zero-order chi connectivity index (χ0) is 14.9. The van der Waals surface area contributed by atoms with Crippen LogP contribution in [0.3, 0.4) is 0 Å². The minimum absolute atomic E-state index is 0.116. The van der Waals surface area contributed by atoms with E-state index in [1.54, 1.807) is 0 Å². The van der Waals surface area contributed by atoms with E-state index in [0.717, 1.165) is 25.1 Å². The van der Waals surface area contributed by atoms with E-state index in [-0.39, 0.29) is 5.60 Å². The Balaban J connectivity index is 1.79. The molecule has 0 aliphatic carbocycles. The summed E-state index contributed by atoms with van der Waals surface area (Å²) in [5.74, 6) is 1.02. The Bertz CT molecular complexity index is 617. The van der Waals surface area contributed by atoms with Crippen LogP contribution in [0.2, 0.25) is 0 Å². The van der Waals surface area contributed by atoms with Crippen molar-refractivity contribution in [2.75, 3.05) is 0 Å². The molecule has 2 nitrogen and oxygen atoms in total. The van der Waals surface area contributed by atoms with Gasteiger partial charge in [-0.1, -0.05) is 25.1 Å². The normalized spacial score (nSPS) is 19.9. The summed E-state index contributed by atoms with van der Waals surface area (Å²) in [7, 11) is 0. The van der Waals surface area contributed by atoms with Crippen molar-refractivity contribution < 1.29 is 4.74 Å². The Kier molecular flexibility index (Phi) is 4.05. The van der Waals surface area contributed by atoms with Crippen LogP contribution in [0, 0.1) is 0 Å².